The van der Waals surface area contributed by atoms with Crippen LogP contribution in [0.25, 0.3) is 16.9 Å². The highest BCUT2D eigenvalue weighted by atomic mass is 35.5. The number of aromatic nitrogens is 3. The van der Waals surface area contributed by atoms with Gasteiger partial charge >= 0.3 is 0 Å². The molecule has 2 aromatic heterocycles. The van der Waals surface area contributed by atoms with Gasteiger partial charge in [-0.25, -0.2) is 4.98 Å². The van der Waals surface area contributed by atoms with Gasteiger partial charge < -0.3 is 10.2 Å². The SMILES string of the molecule is CN(C)CC(C)(C)CNc1c2c(nc3cc(-c4cccc(Cl)c4)nn13)CCC2. The molecule has 0 bridgehead atoms. The number of nitrogens with zero attached hydrogens (tertiary/aromatic N) is 4. The Morgan fingerprint density at radius 2 is 2.04 bits per heavy atom. The average molecular weight is 398 g/mol. The summed E-state index contributed by atoms with van der Waals surface area (Å²) < 4.78 is 1.98. The van der Waals surface area contributed by atoms with E-state index in [2.05, 4.69) is 44.2 Å². The number of benzene rings is 1. The molecule has 1 aromatic carbocycles. The van der Waals surface area contributed by atoms with Crippen LogP contribution in [0.4, 0.5) is 5.82 Å². The first-order chi connectivity index (χ1) is 13.3. The zero-order chi connectivity index (χ0) is 19.9. The number of rotatable bonds is 6. The number of aryl methyl sites for hydroxylation is 1. The largest absolute Gasteiger partial charge is 0.369 e. The fourth-order valence-corrected chi connectivity index (χ4v) is 4.38. The van der Waals surface area contributed by atoms with Crippen molar-refractivity contribution in [1.29, 1.82) is 0 Å². The minimum absolute atomic E-state index is 0.146. The molecular formula is C22H28ClN5. The van der Waals surface area contributed by atoms with Gasteiger partial charge in [0, 0.05) is 41.0 Å². The Kier molecular flexibility index (Phi) is 5.06. The number of hydrogen-bond donors (Lipinski definition) is 1. The number of halogens is 1. The Morgan fingerprint density at radius 1 is 1.21 bits per heavy atom. The molecule has 28 heavy (non-hydrogen) atoms. The number of nitrogens with one attached hydrogen (secondary N) is 1. The van der Waals surface area contributed by atoms with Crippen molar-refractivity contribution in [3.63, 3.8) is 0 Å². The van der Waals surface area contributed by atoms with Gasteiger partial charge in [-0.3, -0.25) is 0 Å². The van der Waals surface area contributed by atoms with Gasteiger partial charge in [0.2, 0.25) is 0 Å². The lowest BCUT2D eigenvalue weighted by molar-refractivity contribution is 0.254. The molecule has 5 nitrogen and oxygen atoms in total. The first kappa shape index (κ1) is 19.2. The first-order valence-corrected chi connectivity index (χ1v) is 10.3. The second-order valence-corrected chi connectivity index (χ2v) is 9.24. The van der Waals surface area contributed by atoms with Gasteiger partial charge in [0.15, 0.2) is 5.65 Å². The van der Waals surface area contributed by atoms with E-state index < -0.39 is 0 Å². The molecule has 0 radical (unpaired) electrons. The summed E-state index contributed by atoms with van der Waals surface area (Å²) >= 11 is 6.18. The number of hydrogen-bond acceptors (Lipinski definition) is 4. The number of fused-ring (bicyclic) bond motifs is 2. The predicted octanol–water partition coefficient (Wildman–Crippen LogP) is 4.54. The summed E-state index contributed by atoms with van der Waals surface area (Å²) in [6.45, 7) is 6.48. The van der Waals surface area contributed by atoms with Crippen LogP contribution in [0.3, 0.4) is 0 Å². The topological polar surface area (TPSA) is 45.5 Å². The van der Waals surface area contributed by atoms with Crippen LogP contribution in [0, 0.1) is 5.41 Å². The highest BCUT2D eigenvalue weighted by Gasteiger charge is 2.24. The highest BCUT2D eigenvalue weighted by Crippen LogP contribution is 2.31. The zero-order valence-electron chi connectivity index (χ0n) is 17.1. The fraction of sp³-hybridized carbons (Fsp3) is 0.455. The van der Waals surface area contributed by atoms with Crippen LogP contribution in [0.2, 0.25) is 5.02 Å². The van der Waals surface area contributed by atoms with Crippen LogP contribution < -0.4 is 5.32 Å². The van der Waals surface area contributed by atoms with Gasteiger partial charge in [0.25, 0.3) is 0 Å². The maximum absolute atomic E-state index is 6.18. The zero-order valence-corrected chi connectivity index (χ0v) is 17.8. The molecule has 0 fully saturated rings. The quantitative estimate of drug-likeness (QED) is 0.663. The maximum atomic E-state index is 6.18. The normalized spacial score (nSPS) is 14.1. The van der Waals surface area contributed by atoms with Gasteiger partial charge in [-0.1, -0.05) is 37.6 Å². The Hall–Kier alpha value is -2.11. The van der Waals surface area contributed by atoms with Crippen molar-refractivity contribution in [2.24, 2.45) is 5.41 Å². The summed E-state index contributed by atoms with van der Waals surface area (Å²) in [5.41, 5.74) is 5.47. The van der Waals surface area contributed by atoms with Crippen molar-refractivity contribution in [3.8, 4) is 11.3 Å². The van der Waals surface area contributed by atoms with E-state index >= 15 is 0 Å². The lowest BCUT2D eigenvalue weighted by Gasteiger charge is -2.29. The van der Waals surface area contributed by atoms with Gasteiger partial charge in [-0.2, -0.15) is 9.61 Å². The molecule has 3 aromatic rings. The summed E-state index contributed by atoms with van der Waals surface area (Å²) in [6.07, 6.45) is 3.26. The Labute approximate surface area is 171 Å². The molecule has 2 heterocycles. The van der Waals surface area contributed by atoms with Crippen LogP contribution in [-0.4, -0.2) is 46.7 Å². The molecule has 1 N–H and O–H groups in total. The second-order valence-electron chi connectivity index (χ2n) is 8.80. The minimum Gasteiger partial charge on any atom is -0.369 e. The van der Waals surface area contributed by atoms with Crippen LogP contribution in [0.15, 0.2) is 30.3 Å². The molecule has 1 aliphatic carbocycles. The Morgan fingerprint density at radius 3 is 2.79 bits per heavy atom. The van der Waals surface area contributed by atoms with E-state index in [0.717, 1.165) is 55.1 Å². The first-order valence-electron chi connectivity index (χ1n) is 9.88. The smallest absolute Gasteiger partial charge is 0.158 e. The van der Waals surface area contributed by atoms with E-state index in [9.17, 15) is 0 Å². The molecule has 1 aliphatic rings. The van der Waals surface area contributed by atoms with Gasteiger partial charge in [0.05, 0.1) is 5.69 Å². The van der Waals surface area contributed by atoms with Crippen molar-refractivity contribution >= 4 is 23.1 Å². The molecule has 0 spiro atoms. The second kappa shape index (κ2) is 7.37. The van der Waals surface area contributed by atoms with Crippen molar-refractivity contribution < 1.29 is 0 Å². The van der Waals surface area contributed by atoms with Crippen molar-refractivity contribution in [2.45, 2.75) is 33.1 Å². The summed E-state index contributed by atoms with van der Waals surface area (Å²) in [5.74, 6) is 1.10. The predicted molar refractivity (Wildman–Crippen MR) is 116 cm³/mol. The van der Waals surface area contributed by atoms with Crippen LogP contribution in [0.1, 0.15) is 31.5 Å². The lowest BCUT2D eigenvalue weighted by atomic mass is 9.93. The monoisotopic (exact) mass is 397 g/mol. The molecule has 0 atom stereocenters. The Balaban J connectivity index is 1.74. The number of anilines is 1. The third kappa shape index (κ3) is 3.87. The highest BCUT2D eigenvalue weighted by molar-refractivity contribution is 6.30. The molecule has 4 rings (SSSR count). The molecule has 0 amide bonds. The van der Waals surface area contributed by atoms with Gasteiger partial charge in [0.1, 0.15) is 5.82 Å². The fourth-order valence-electron chi connectivity index (χ4n) is 4.19. The van der Waals surface area contributed by atoms with Crippen LogP contribution in [0.5, 0.6) is 0 Å². The van der Waals surface area contributed by atoms with E-state index in [1.54, 1.807) is 0 Å². The van der Waals surface area contributed by atoms with Crippen molar-refractivity contribution in [1.82, 2.24) is 19.5 Å². The molecule has 0 unspecified atom stereocenters. The molecule has 148 valence electrons. The molecule has 6 heteroatoms. The summed E-state index contributed by atoms with van der Waals surface area (Å²) in [4.78, 5) is 7.13. The third-order valence-corrected chi connectivity index (χ3v) is 5.46. The van der Waals surface area contributed by atoms with E-state index in [-0.39, 0.29) is 5.41 Å². The molecule has 0 aliphatic heterocycles. The standard InChI is InChI=1S/C22H28ClN5/c1-22(2,14-27(3)4)13-24-21-17-9-6-10-18(17)25-20-12-19(26-28(20)21)15-7-5-8-16(23)11-15/h5,7-8,11-12,24H,6,9-10,13-14H2,1-4H3. The van der Waals surface area contributed by atoms with E-state index in [1.807, 2.05) is 28.8 Å². The lowest BCUT2D eigenvalue weighted by Crippen LogP contribution is -2.35. The third-order valence-electron chi connectivity index (χ3n) is 5.23. The molecule has 0 saturated heterocycles. The summed E-state index contributed by atoms with van der Waals surface area (Å²) in [7, 11) is 4.24. The van der Waals surface area contributed by atoms with Gasteiger partial charge in [-0.05, 0) is 50.9 Å². The summed E-state index contributed by atoms with van der Waals surface area (Å²) in [5, 5.41) is 9.32. The van der Waals surface area contributed by atoms with Crippen molar-refractivity contribution in [2.75, 3.05) is 32.5 Å². The van der Waals surface area contributed by atoms with Crippen LogP contribution >= 0.6 is 11.6 Å². The van der Waals surface area contributed by atoms with Crippen LogP contribution in [-0.2, 0) is 12.8 Å². The molecular weight excluding hydrogens is 370 g/mol. The maximum Gasteiger partial charge on any atom is 0.158 e. The van der Waals surface area contributed by atoms with E-state index in [1.165, 1.54) is 11.3 Å². The average Bonchev–Trinajstić information content (AvgIpc) is 3.23. The van der Waals surface area contributed by atoms with E-state index in [4.69, 9.17) is 21.7 Å². The van der Waals surface area contributed by atoms with Crippen molar-refractivity contribution in [3.05, 3.63) is 46.6 Å². The van der Waals surface area contributed by atoms with E-state index in [0.29, 0.717) is 5.02 Å². The molecule has 0 saturated carbocycles. The minimum atomic E-state index is 0.146. The Bertz CT molecular complexity index is 1010. The summed E-state index contributed by atoms with van der Waals surface area (Å²) in [6, 6.07) is 9.88. The van der Waals surface area contributed by atoms with Gasteiger partial charge in [-0.15, -0.1) is 0 Å².